The van der Waals surface area contributed by atoms with Gasteiger partial charge in [0.05, 0.1) is 43.6 Å². The second-order valence-electron chi connectivity index (χ2n) is 4.76. The van der Waals surface area contributed by atoms with Gasteiger partial charge >= 0.3 is 5.69 Å². The number of nitrogens with one attached hydrogen (secondary N) is 1. The Morgan fingerprint density at radius 2 is 1.80 bits per heavy atom. The molecular weight excluding hydrogens is 332 g/mol. The highest BCUT2D eigenvalue weighted by molar-refractivity contribution is 5.93. The minimum absolute atomic E-state index is 0.108. The zero-order chi connectivity index (χ0) is 17.9. The van der Waals surface area contributed by atoms with E-state index in [1.165, 1.54) is 6.07 Å². The Morgan fingerprint density at radius 1 is 1.12 bits per heavy atom. The molecule has 0 amide bonds. The molecule has 0 bridgehead atoms. The average molecular weight is 350 g/mol. The fraction of sp³-hybridized carbons (Fsp3) is 0.467. The molecule has 0 radical (unpaired) electrons. The summed E-state index contributed by atoms with van der Waals surface area (Å²) in [5, 5.41) is 21.2. The van der Waals surface area contributed by atoms with Crippen molar-refractivity contribution in [2.75, 3.05) is 51.5 Å². The zero-order valence-electron chi connectivity index (χ0n) is 13.5. The van der Waals surface area contributed by atoms with Crippen LogP contribution < -0.4 is 5.32 Å². The molecule has 10 heteroatoms. The normalized spacial score (nSPS) is 10.7. The van der Waals surface area contributed by atoms with Crippen LogP contribution in [0.3, 0.4) is 0 Å². The van der Waals surface area contributed by atoms with Crippen molar-refractivity contribution in [3.63, 3.8) is 0 Å². The Hall–Kier alpha value is -2.74. The van der Waals surface area contributed by atoms with Crippen molar-refractivity contribution in [3.8, 4) is 12.3 Å². The lowest BCUT2D eigenvalue weighted by molar-refractivity contribution is -0.383. The first-order valence-corrected chi connectivity index (χ1v) is 7.54. The van der Waals surface area contributed by atoms with Crippen LogP contribution in [-0.4, -0.2) is 61.4 Å². The Morgan fingerprint density at radius 3 is 2.52 bits per heavy atom. The van der Waals surface area contributed by atoms with Gasteiger partial charge in [-0.1, -0.05) is 5.92 Å². The first-order valence-electron chi connectivity index (χ1n) is 7.54. The summed E-state index contributed by atoms with van der Waals surface area (Å²) in [6.45, 7) is 3.01. The number of benzene rings is 1. The van der Waals surface area contributed by atoms with Crippen LogP contribution in [0.25, 0.3) is 11.0 Å². The third kappa shape index (κ3) is 5.68. The van der Waals surface area contributed by atoms with Crippen molar-refractivity contribution in [2.45, 2.75) is 0 Å². The summed E-state index contributed by atoms with van der Waals surface area (Å²) in [5.41, 5.74) is 0.856. The molecule has 25 heavy (non-hydrogen) atoms. The van der Waals surface area contributed by atoms with Crippen LogP contribution in [0.2, 0.25) is 0 Å². The largest absolute Gasteiger partial charge is 0.381 e. The maximum Gasteiger partial charge on any atom is 0.300 e. The number of hydrogen-bond acceptors (Lipinski definition) is 9. The minimum Gasteiger partial charge on any atom is -0.381 e. The fourth-order valence-electron chi connectivity index (χ4n) is 1.97. The Kier molecular flexibility index (Phi) is 7.58. The molecule has 0 saturated heterocycles. The Bertz CT molecular complexity index is 726. The number of ether oxygens (including phenoxy) is 3. The summed E-state index contributed by atoms with van der Waals surface area (Å²) in [6, 6.07) is 2.91. The predicted octanol–water partition coefficient (Wildman–Crippen LogP) is 1.23. The van der Waals surface area contributed by atoms with Gasteiger partial charge in [0, 0.05) is 12.6 Å². The Balaban J connectivity index is 1.64. The van der Waals surface area contributed by atoms with E-state index in [0.717, 1.165) is 0 Å². The molecule has 0 aliphatic heterocycles. The average Bonchev–Trinajstić information content (AvgIpc) is 3.09. The predicted molar refractivity (Wildman–Crippen MR) is 88.2 cm³/mol. The second-order valence-corrected chi connectivity index (χ2v) is 4.76. The summed E-state index contributed by atoms with van der Waals surface area (Å²) >= 11 is 0. The van der Waals surface area contributed by atoms with Gasteiger partial charge in [0.1, 0.15) is 6.61 Å². The molecule has 0 atom stereocenters. The molecule has 0 aliphatic rings. The molecule has 0 spiro atoms. The zero-order valence-corrected chi connectivity index (χ0v) is 13.5. The van der Waals surface area contributed by atoms with Crippen molar-refractivity contribution in [3.05, 3.63) is 22.2 Å². The van der Waals surface area contributed by atoms with Crippen molar-refractivity contribution in [1.82, 2.24) is 10.3 Å². The van der Waals surface area contributed by atoms with Gasteiger partial charge < -0.3 is 19.5 Å². The number of hydrogen-bond donors (Lipinski definition) is 1. The third-order valence-electron chi connectivity index (χ3n) is 3.08. The second kappa shape index (κ2) is 10.2. The SMILES string of the molecule is C#CCOCCOCCOCCNc1ccc([N+](=O)[O-])c2nonc12. The molecule has 1 N–H and O–H groups in total. The molecule has 2 rings (SSSR count). The van der Waals surface area contributed by atoms with Crippen molar-refractivity contribution >= 4 is 22.4 Å². The third-order valence-corrected chi connectivity index (χ3v) is 3.08. The molecule has 10 nitrogen and oxygen atoms in total. The number of nitro groups is 1. The summed E-state index contributed by atoms with van der Waals surface area (Å²) in [5.74, 6) is 2.37. The van der Waals surface area contributed by atoms with E-state index in [2.05, 4.69) is 26.2 Å². The van der Waals surface area contributed by atoms with Crippen LogP contribution in [0.15, 0.2) is 16.8 Å². The Labute approximate surface area is 143 Å². The quantitative estimate of drug-likeness (QED) is 0.260. The van der Waals surface area contributed by atoms with Gasteiger partial charge in [-0.05, 0) is 16.4 Å². The van der Waals surface area contributed by atoms with Crippen LogP contribution in [0.5, 0.6) is 0 Å². The molecule has 1 aromatic carbocycles. The highest BCUT2D eigenvalue weighted by Crippen LogP contribution is 2.28. The number of rotatable bonds is 12. The number of nitro benzene ring substituents is 1. The van der Waals surface area contributed by atoms with E-state index in [9.17, 15) is 10.1 Å². The lowest BCUT2D eigenvalue weighted by atomic mass is 10.2. The highest BCUT2D eigenvalue weighted by atomic mass is 16.6. The van der Waals surface area contributed by atoms with Crippen LogP contribution >= 0.6 is 0 Å². The van der Waals surface area contributed by atoms with Crippen molar-refractivity contribution in [1.29, 1.82) is 0 Å². The maximum absolute atomic E-state index is 10.9. The number of non-ortho nitro benzene ring substituents is 1. The van der Waals surface area contributed by atoms with Crippen LogP contribution in [0, 0.1) is 22.5 Å². The van der Waals surface area contributed by atoms with Gasteiger partial charge in [-0.25, -0.2) is 4.63 Å². The lowest BCUT2D eigenvalue weighted by Crippen LogP contribution is -2.14. The van der Waals surface area contributed by atoms with E-state index >= 15 is 0 Å². The van der Waals surface area contributed by atoms with Crippen LogP contribution in [-0.2, 0) is 14.2 Å². The fourth-order valence-corrected chi connectivity index (χ4v) is 1.97. The van der Waals surface area contributed by atoms with Crippen LogP contribution in [0.4, 0.5) is 11.4 Å². The monoisotopic (exact) mass is 350 g/mol. The molecule has 0 fully saturated rings. The number of aromatic nitrogens is 2. The van der Waals surface area contributed by atoms with E-state index in [0.29, 0.717) is 50.8 Å². The van der Waals surface area contributed by atoms with Crippen LogP contribution in [0.1, 0.15) is 0 Å². The molecule has 0 saturated carbocycles. The van der Waals surface area contributed by atoms with Gasteiger partial charge in [-0.3, -0.25) is 10.1 Å². The topological polar surface area (TPSA) is 122 Å². The maximum atomic E-state index is 10.9. The molecular formula is C15H18N4O6. The molecule has 0 unspecified atom stereocenters. The van der Waals surface area contributed by atoms with E-state index in [1.807, 2.05) is 0 Å². The smallest absolute Gasteiger partial charge is 0.300 e. The minimum atomic E-state index is -0.531. The highest BCUT2D eigenvalue weighted by Gasteiger charge is 2.19. The molecule has 1 heterocycles. The number of terminal acetylenes is 1. The van der Waals surface area contributed by atoms with Crippen molar-refractivity contribution in [2.24, 2.45) is 0 Å². The van der Waals surface area contributed by atoms with Gasteiger partial charge in [0.2, 0.25) is 5.52 Å². The van der Waals surface area contributed by atoms with E-state index in [4.69, 9.17) is 20.6 Å². The number of nitrogens with zero attached hydrogens (tertiary/aromatic N) is 3. The van der Waals surface area contributed by atoms with Gasteiger partial charge in [0.15, 0.2) is 5.52 Å². The first kappa shape index (κ1) is 18.6. The van der Waals surface area contributed by atoms with Gasteiger partial charge in [-0.15, -0.1) is 6.42 Å². The first-order chi connectivity index (χ1) is 12.2. The summed E-state index contributed by atoms with van der Waals surface area (Å²) in [7, 11) is 0. The molecule has 1 aromatic heterocycles. The van der Waals surface area contributed by atoms with E-state index in [1.54, 1.807) is 6.07 Å². The van der Waals surface area contributed by atoms with Gasteiger partial charge in [0.25, 0.3) is 0 Å². The molecule has 134 valence electrons. The summed E-state index contributed by atoms with van der Waals surface area (Å²) in [4.78, 5) is 10.4. The number of fused-ring (bicyclic) bond motifs is 1. The van der Waals surface area contributed by atoms with Crippen molar-refractivity contribution < 1.29 is 23.8 Å². The molecule has 2 aromatic rings. The van der Waals surface area contributed by atoms with Gasteiger partial charge in [-0.2, -0.15) is 0 Å². The van der Waals surface area contributed by atoms with E-state index < -0.39 is 4.92 Å². The summed E-state index contributed by atoms with van der Waals surface area (Å²) < 4.78 is 20.4. The lowest BCUT2D eigenvalue weighted by Gasteiger charge is -2.08. The summed E-state index contributed by atoms with van der Waals surface area (Å²) in [6.07, 6.45) is 5.04. The molecule has 0 aliphatic carbocycles. The number of anilines is 1. The standard InChI is InChI=1S/C15H18N4O6/c1-2-6-22-8-10-24-11-9-23-7-5-16-12-3-4-13(19(20)21)15-14(12)17-25-18-15/h1,3-4,16H,5-11H2. The van der Waals surface area contributed by atoms with E-state index in [-0.39, 0.29) is 17.8 Å².